The van der Waals surface area contributed by atoms with Gasteiger partial charge in [0.25, 0.3) is 0 Å². The molecule has 148 valence electrons. The Morgan fingerprint density at radius 3 is 2.93 bits per heavy atom. The molecule has 0 saturated carbocycles. The van der Waals surface area contributed by atoms with Crippen molar-refractivity contribution in [1.82, 2.24) is 25.4 Å². The summed E-state index contributed by atoms with van der Waals surface area (Å²) in [6.07, 6.45) is 2.80. The van der Waals surface area contributed by atoms with Gasteiger partial charge in [0.05, 0.1) is 30.1 Å². The largest absolute Gasteiger partial charge is 0.373 e. The van der Waals surface area contributed by atoms with Crippen LogP contribution >= 0.6 is 11.6 Å². The van der Waals surface area contributed by atoms with Crippen molar-refractivity contribution in [1.29, 1.82) is 0 Å². The summed E-state index contributed by atoms with van der Waals surface area (Å²) in [6, 6.07) is 9.57. The van der Waals surface area contributed by atoms with Crippen LogP contribution in [0, 0.1) is 0 Å². The number of nitrogens with one attached hydrogen (secondary N) is 2. The van der Waals surface area contributed by atoms with Crippen LogP contribution in [0.2, 0.25) is 5.02 Å². The van der Waals surface area contributed by atoms with Gasteiger partial charge >= 0.3 is 0 Å². The summed E-state index contributed by atoms with van der Waals surface area (Å²) in [5.41, 5.74) is 1.86. The Bertz CT molecular complexity index is 932. The van der Waals surface area contributed by atoms with Gasteiger partial charge in [-0.25, -0.2) is 4.68 Å². The molecule has 3 N–H and O–H groups in total. The molecule has 1 aliphatic heterocycles. The van der Waals surface area contributed by atoms with Crippen LogP contribution in [0.5, 0.6) is 0 Å². The van der Waals surface area contributed by atoms with Gasteiger partial charge in [-0.2, -0.15) is 0 Å². The first-order valence-electron chi connectivity index (χ1n) is 9.19. The number of anilines is 1. The lowest BCUT2D eigenvalue weighted by molar-refractivity contribution is 0.0223. The van der Waals surface area contributed by atoms with Crippen molar-refractivity contribution in [3.8, 4) is 5.69 Å². The number of aliphatic hydroxyl groups excluding tert-OH is 1. The van der Waals surface area contributed by atoms with Crippen LogP contribution in [0.3, 0.4) is 0 Å². The Labute approximate surface area is 168 Å². The quantitative estimate of drug-likeness (QED) is 0.536. The lowest BCUT2D eigenvalue weighted by Crippen LogP contribution is -2.50. The Hall–Kier alpha value is -2.23. The van der Waals surface area contributed by atoms with Crippen molar-refractivity contribution in [3.05, 3.63) is 47.7 Å². The van der Waals surface area contributed by atoms with Crippen molar-refractivity contribution in [2.24, 2.45) is 0 Å². The number of nitrogens with zero attached hydrogens (tertiary/aromatic N) is 4. The highest BCUT2D eigenvalue weighted by molar-refractivity contribution is 6.30. The summed E-state index contributed by atoms with van der Waals surface area (Å²) in [4.78, 5) is 6.49. The van der Waals surface area contributed by atoms with Gasteiger partial charge in [0.1, 0.15) is 0 Å². The van der Waals surface area contributed by atoms with E-state index in [1.54, 1.807) is 13.2 Å². The third kappa shape index (κ3) is 3.96. The van der Waals surface area contributed by atoms with Crippen molar-refractivity contribution >= 4 is 28.3 Å². The molecule has 8 nitrogen and oxygen atoms in total. The summed E-state index contributed by atoms with van der Waals surface area (Å²) in [7, 11) is 1.69. The van der Waals surface area contributed by atoms with Gasteiger partial charge in [-0.05, 0) is 37.4 Å². The van der Waals surface area contributed by atoms with Crippen molar-refractivity contribution in [2.75, 3.05) is 38.2 Å². The summed E-state index contributed by atoms with van der Waals surface area (Å²) in [5.74, 6) is 0.898. The Kier molecular flexibility index (Phi) is 5.74. The average molecular weight is 403 g/mol. The lowest BCUT2D eigenvalue weighted by Gasteiger charge is -2.33. The molecule has 0 amide bonds. The fourth-order valence-corrected chi connectivity index (χ4v) is 3.47. The van der Waals surface area contributed by atoms with Gasteiger partial charge in [-0.3, -0.25) is 15.6 Å². The van der Waals surface area contributed by atoms with Crippen LogP contribution < -0.4 is 15.5 Å². The molecule has 0 bridgehead atoms. The SMILES string of the molecule is CNC(O)NCC1CN(c2nn(-c3ccc(Cl)cc3)c3cnccc23)CCO1. The smallest absolute Gasteiger partial charge is 0.160 e. The van der Waals surface area contributed by atoms with Gasteiger partial charge in [0.15, 0.2) is 12.2 Å². The monoisotopic (exact) mass is 402 g/mol. The van der Waals surface area contributed by atoms with Gasteiger partial charge < -0.3 is 14.7 Å². The first kappa shape index (κ1) is 19.1. The van der Waals surface area contributed by atoms with E-state index < -0.39 is 6.35 Å². The second-order valence-corrected chi connectivity index (χ2v) is 7.08. The van der Waals surface area contributed by atoms with Crippen LogP contribution in [0.1, 0.15) is 0 Å². The maximum atomic E-state index is 9.64. The number of halogens is 1. The molecule has 3 heterocycles. The van der Waals surface area contributed by atoms with E-state index in [1.807, 2.05) is 41.2 Å². The molecule has 0 aliphatic carbocycles. The van der Waals surface area contributed by atoms with E-state index in [2.05, 4.69) is 20.5 Å². The molecule has 2 unspecified atom stereocenters. The number of benzene rings is 1. The molecule has 3 aromatic rings. The molecule has 2 atom stereocenters. The zero-order valence-corrected chi connectivity index (χ0v) is 16.3. The Balaban J connectivity index is 1.62. The second kappa shape index (κ2) is 8.42. The van der Waals surface area contributed by atoms with Crippen molar-refractivity contribution in [3.63, 3.8) is 0 Å². The number of ether oxygens (including phenoxy) is 1. The highest BCUT2D eigenvalue weighted by atomic mass is 35.5. The second-order valence-electron chi connectivity index (χ2n) is 6.64. The number of morpholine rings is 1. The van der Waals surface area contributed by atoms with E-state index in [4.69, 9.17) is 21.4 Å². The van der Waals surface area contributed by atoms with Gasteiger partial charge in [0, 0.05) is 36.2 Å². The maximum Gasteiger partial charge on any atom is 0.160 e. The summed E-state index contributed by atoms with van der Waals surface area (Å²) < 4.78 is 7.73. The minimum Gasteiger partial charge on any atom is -0.373 e. The maximum absolute atomic E-state index is 9.64. The first-order chi connectivity index (χ1) is 13.7. The number of rotatable bonds is 6. The molecular formula is C19H23ClN6O2. The van der Waals surface area contributed by atoms with Crippen LogP contribution in [-0.4, -0.2) is 65.6 Å². The normalized spacial score (nSPS) is 18.5. The van der Waals surface area contributed by atoms with E-state index in [0.29, 0.717) is 24.7 Å². The number of pyridine rings is 1. The van der Waals surface area contributed by atoms with Crippen molar-refractivity contribution in [2.45, 2.75) is 12.5 Å². The lowest BCUT2D eigenvalue weighted by atomic mass is 10.2. The van der Waals surface area contributed by atoms with Crippen LogP contribution in [0.15, 0.2) is 42.7 Å². The predicted octanol–water partition coefficient (Wildman–Crippen LogP) is 1.36. The standard InChI is InChI=1S/C19H23ClN6O2/c1-21-19(27)23-10-15-12-25(8-9-28-15)18-16-6-7-22-11-17(16)26(24-18)14-4-2-13(20)3-5-14/h2-7,11,15,19,21,23,27H,8-10,12H2,1H3. The highest BCUT2D eigenvalue weighted by Crippen LogP contribution is 2.29. The minimum atomic E-state index is -0.755. The van der Waals surface area contributed by atoms with E-state index in [-0.39, 0.29) is 6.10 Å². The van der Waals surface area contributed by atoms with Crippen molar-refractivity contribution < 1.29 is 9.84 Å². The minimum absolute atomic E-state index is 0.0469. The summed E-state index contributed by atoms with van der Waals surface area (Å²) in [6.45, 7) is 2.57. The third-order valence-corrected chi connectivity index (χ3v) is 5.04. The molecule has 28 heavy (non-hydrogen) atoms. The fourth-order valence-electron chi connectivity index (χ4n) is 3.34. The summed E-state index contributed by atoms with van der Waals surface area (Å²) >= 11 is 6.03. The molecule has 1 aromatic carbocycles. The number of aromatic nitrogens is 3. The first-order valence-corrected chi connectivity index (χ1v) is 9.57. The molecule has 2 aromatic heterocycles. The average Bonchev–Trinajstić information content (AvgIpc) is 3.12. The fraction of sp³-hybridized carbons (Fsp3) is 0.368. The molecule has 0 spiro atoms. The molecular weight excluding hydrogens is 380 g/mol. The van der Waals surface area contributed by atoms with E-state index in [1.165, 1.54) is 0 Å². The number of fused-ring (bicyclic) bond motifs is 1. The number of aliphatic hydroxyl groups is 1. The zero-order chi connectivity index (χ0) is 19.5. The Morgan fingerprint density at radius 1 is 1.32 bits per heavy atom. The molecule has 1 saturated heterocycles. The number of hydrogen-bond donors (Lipinski definition) is 3. The highest BCUT2D eigenvalue weighted by Gasteiger charge is 2.25. The predicted molar refractivity (Wildman–Crippen MR) is 109 cm³/mol. The van der Waals surface area contributed by atoms with Gasteiger partial charge in [-0.1, -0.05) is 11.6 Å². The van der Waals surface area contributed by atoms with E-state index in [9.17, 15) is 5.11 Å². The van der Waals surface area contributed by atoms with Gasteiger partial charge in [-0.15, -0.1) is 5.10 Å². The van der Waals surface area contributed by atoms with Gasteiger partial charge in [0.2, 0.25) is 0 Å². The van der Waals surface area contributed by atoms with Crippen LogP contribution in [0.4, 0.5) is 5.82 Å². The van der Waals surface area contributed by atoms with Crippen LogP contribution in [-0.2, 0) is 4.74 Å². The summed E-state index contributed by atoms with van der Waals surface area (Å²) in [5, 5.41) is 22.0. The number of hydrogen-bond acceptors (Lipinski definition) is 7. The third-order valence-electron chi connectivity index (χ3n) is 4.79. The van der Waals surface area contributed by atoms with E-state index in [0.717, 1.165) is 29.0 Å². The topological polar surface area (TPSA) is 87.5 Å². The molecule has 1 aliphatic rings. The molecule has 0 radical (unpaired) electrons. The molecule has 1 fully saturated rings. The molecule has 9 heteroatoms. The Morgan fingerprint density at radius 2 is 2.14 bits per heavy atom. The zero-order valence-electron chi connectivity index (χ0n) is 15.5. The van der Waals surface area contributed by atoms with E-state index >= 15 is 0 Å². The van der Waals surface area contributed by atoms with Crippen LogP contribution in [0.25, 0.3) is 16.6 Å². The molecule has 4 rings (SSSR count).